The minimum absolute atomic E-state index is 0.0474. The normalized spacial score (nSPS) is 18.7. The van der Waals surface area contributed by atoms with E-state index in [0.29, 0.717) is 81.9 Å². The third-order valence-corrected chi connectivity index (χ3v) is 14.3. The van der Waals surface area contributed by atoms with Gasteiger partial charge in [0.25, 0.3) is 5.91 Å². The van der Waals surface area contributed by atoms with Crippen LogP contribution < -0.4 is 26.3 Å². The van der Waals surface area contributed by atoms with Crippen molar-refractivity contribution in [1.29, 1.82) is 0 Å². The number of hydrogen-bond donors (Lipinski definition) is 6. The highest BCUT2D eigenvalue weighted by Crippen LogP contribution is 2.42. The average Bonchev–Trinajstić information content (AvgIpc) is 3.46. The molecule has 6 atom stereocenters. The number of amides is 4. The van der Waals surface area contributed by atoms with Gasteiger partial charge in [-0.05, 0) is 88.2 Å². The van der Waals surface area contributed by atoms with Crippen LogP contribution in [0.1, 0.15) is 49.9 Å². The number of nitrogens with zero attached hydrogens (tertiary/aromatic N) is 5. The summed E-state index contributed by atoms with van der Waals surface area (Å²) < 4.78 is 135. The number of rotatable bonds is 18. The highest BCUT2D eigenvalue weighted by Gasteiger charge is 2.57. The summed E-state index contributed by atoms with van der Waals surface area (Å²) >= 11 is 0. The van der Waals surface area contributed by atoms with E-state index in [0.717, 1.165) is 38.1 Å². The number of ether oxygens (including phenoxy) is 3. The third-order valence-electron chi connectivity index (χ3n) is 14.3. The predicted octanol–water partition coefficient (Wildman–Crippen LogP) is 5.57. The number of carbonyl (C=O) groups is 4. The first-order valence-electron chi connectivity index (χ1n) is 24.8. The highest BCUT2D eigenvalue weighted by atomic mass is 19.4. The predicted molar refractivity (Wildman–Crippen MR) is 267 cm³/mol. The van der Waals surface area contributed by atoms with Crippen LogP contribution in [0.5, 0.6) is 0 Å². The Morgan fingerprint density at radius 1 is 0.772 bits per heavy atom. The van der Waals surface area contributed by atoms with E-state index in [1.807, 2.05) is 22.9 Å². The highest BCUT2D eigenvalue weighted by molar-refractivity contribution is 5.87. The molecule has 2 aromatic heterocycles. The Labute approximate surface area is 449 Å². The summed E-state index contributed by atoms with van der Waals surface area (Å²) in [5.41, 5.74) is -3.53. The number of hydrazine groups is 1. The zero-order valence-electron chi connectivity index (χ0n) is 43.4. The van der Waals surface area contributed by atoms with Crippen molar-refractivity contribution in [3.05, 3.63) is 113 Å². The van der Waals surface area contributed by atoms with E-state index >= 15 is 8.78 Å². The molecule has 0 saturated carbocycles. The first-order chi connectivity index (χ1) is 37.2. The minimum atomic E-state index is -5.24. The smallest absolute Gasteiger partial charge is 0.407 e. The number of piperazine rings is 1. The molecule has 3 fully saturated rings. The second-order valence-electron chi connectivity index (χ2n) is 20.5. The molecule has 2 bridgehead atoms. The summed E-state index contributed by atoms with van der Waals surface area (Å²) in [5.74, 6) is 1.08. The lowest BCUT2D eigenvalue weighted by Gasteiger charge is -2.54. The lowest BCUT2D eigenvalue weighted by molar-refractivity contribution is -0.221. The van der Waals surface area contributed by atoms with E-state index in [2.05, 4.69) is 41.7 Å². The van der Waals surface area contributed by atoms with Crippen LogP contribution in [0.15, 0.2) is 79.1 Å². The molecular formula is C53H59F8N9O9. The number of aliphatic hydroxyl groups is 1. The fourth-order valence-corrected chi connectivity index (χ4v) is 9.31. The number of anilines is 1. The van der Waals surface area contributed by atoms with Crippen LogP contribution in [0.2, 0.25) is 0 Å². The number of carboxylic acid groups (broad SMARTS) is 1. The topological polar surface area (TPSA) is 220 Å². The Morgan fingerprint density at radius 3 is 1.86 bits per heavy atom. The summed E-state index contributed by atoms with van der Waals surface area (Å²) in [7, 11) is 0.834. The average molecular weight is 1120 g/mol. The van der Waals surface area contributed by atoms with Gasteiger partial charge < -0.3 is 45.3 Å². The zero-order chi connectivity index (χ0) is 57.6. The fraction of sp³-hybridized carbons (Fsp3) is 0.472. The van der Waals surface area contributed by atoms with Crippen LogP contribution in [0.3, 0.4) is 0 Å². The molecule has 0 radical (unpaired) electrons. The van der Waals surface area contributed by atoms with Crippen molar-refractivity contribution in [2.45, 2.75) is 95.4 Å². The number of pyridine rings is 2. The van der Waals surface area contributed by atoms with E-state index < -0.39 is 108 Å². The van der Waals surface area contributed by atoms with Gasteiger partial charge in [-0.2, -0.15) is 26.3 Å². The molecule has 7 rings (SSSR count). The number of aliphatic hydroxyl groups excluding tert-OH is 1. The molecule has 426 valence electrons. The van der Waals surface area contributed by atoms with Gasteiger partial charge in [-0.3, -0.25) is 24.9 Å². The first-order valence-corrected chi connectivity index (χ1v) is 24.8. The van der Waals surface area contributed by atoms with Gasteiger partial charge in [0.15, 0.2) is 0 Å². The number of carbonyl (C=O) groups excluding carboxylic acids is 3. The van der Waals surface area contributed by atoms with Crippen molar-refractivity contribution in [2.75, 3.05) is 58.1 Å². The van der Waals surface area contributed by atoms with Crippen molar-refractivity contribution in [2.24, 2.45) is 10.8 Å². The van der Waals surface area contributed by atoms with Gasteiger partial charge in [0, 0.05) is 60.8 Å². The number of aromatic nitrogens is 2. The van der Waals surface area contributed by atoms with Gasteiger partial charge >= 0.3 is 24.5 Å². The number of benzene rings is 2. The molecule has 4 aromatic rings. The number of methoxy groups -OCH3 is 1. The summed E-state index contributed by atoms with van der Waals surface area (Å²) in [4.78, 5) is 65.5. The van der Waals surface area contributed by atoms with Gasteiger partial charge in [-0.1, -0.05) is 30.0 Å². The molecule has 18 nitrogen and oxygen atoms in total. The van der Waals surface area contributed by atoms with Gasteiger partial charge in [-0.15, -0.1) is 0 Å². The molecule has 26 heteroatoms. The third kappa shape index (κ3) is 14.2. The Hall–Kier alpha value is -7.18. The molecule has 6 N–H and O–H groups in total. The number of alkyl carbamates (subject to hydrolysis) is 1. The maximum absolute atomic E-state index is 16.0. The molecule has 0 spiro atoms. The van der Waals surface area contributed by atoms with Crippen LogP contribution in [-0.4, -0.2) is 162 Å². The Kier molecular flexibility index (Phi) is 18.4. The van der Waals surface area contributed by atoms with Crippen molar-refractivity contribution in [3.8, 4) is 23.1 Å². The van der Waals surface area contributed by atoms with Gasteiger partial charge in [-0.25, -0.2) is 28.4 Å². The minimum Gasteiger partial charge on any atom is -0.465 e. The number of morpholine rings is 1. The lowest BCUT2D eigenvalue weighted by atomic mass is 9.82. The van der Waals surface area contributed by atoms with Gasteiger partial charge in [0.1, 0.15) is 29.5 Å². The van der Waals surface area contributed by atoms with Crippen molar-refractivity contribution >= 4 is 29.8 Å². The summed E-state index contributed by atoms with van der Waals surface area (Å²) in [5, 5.41) is 27.8. The van der Waals surface area contributed by atoms with Crippen molar-refractivity contribution in [1.82, 2.24) is 41.3 Å². The number of halogens is 8. The standard InChI is InChI=1S/C53H59F8N9O9/c1-50(2,52(56,57)58)44(66-49(76)77-5)46(72)64-41(18-31-12-9-30(10-13-31)11-14-32-15-16-43(63-21-32)68-22-34-26-78-27-35(23-68)70(34)36-28-79-29-36)42(71)25-69(67-47(73)45(65-48(74)75)51(3,4)53(59,60)61)24-37-38(54)19-33(20-39(37)55)40-8-6-7-17-62-40/h6-10,12-13,15-17,19-21,34-36,41-42,44-45,65,71H,18,22-29H2,1-5H3,(H,64,72)(H,66,76)(H,67,73)(H,74,75)/t34?,35?,41-,42-,44+,45+/m0/s1. The molecule has 5 heterocycles. The van der Waals surface area contributed by atoms with Gasteiger partial charge in [0.2, 0.25) is 5.91 Å². The molecule has 79 heavy (non-hydrogen) atoms. The quantitative estimate of drug-likeness (QED) is 0.0408. The van der Waals surface area contributed by atoms with Crippen molar-refractivity contribution < 1.29 is 78.7 Å². The Balaban J connectivity index is 1.17. The van der Waals surface area contributed by atoms with Crippen LogP contribution in [0.4, 0.5) is 50.5 Å². The molecule has 2 aromatic carbocycles. The summed E-state index contributed by atoms with van der Waals surface area (Å²) in [6.07, 6.45) is -13.5. The molecule has 3 saturated heterocycles. The van der Waals surface area contributed by atoms with Gasteiger partial charge in [0.05, 0.1) is 80.3 Å². The van der Waals surface area contributed by atoms with Crippen molar-refractivity contribution in [3.63, 3.8) is 0 Å². The number of nitrogens with one attached hydrogen (secondary N) is 4. The molecular weight excluding hydrogens is 1060 g/mol. The first kappa shape index (κ1) is 59.5. The van der Waals surface area contributed by atoms with Crippen LogP contribution in [0, 0.1) is 34.3 Å². The molecule has 3 aliphatic rings. The number of hydrogen-bond acceptors (Lipinski definition) is 13. The Bertz CT molecular complexity index is 2830. The molecule has 3 aliphatic heterocycles. The second-order valence-corrected chi connectivity index (χ2v) is 20.5. The maximum Gasteiger partial charge on any atom is 0.407 e. The largest absolute Gasteiger partial charge is 0.465 e. The second kappa shape index (κ2) is 24.5. The maximum atomic E-state index is 16.0. The molecule has 0 aliphatic carbocycles. The SMILES string of the molecule is COC(=O)N[C@H](C(=O)N[C@@H](Cc1ccc(C#Cc2ccc(N3CC4COCC(C3)N4C3COC3)nc2)cc1)[C@@H](O)CN(Cc1c(F)cc(-c2ccccn2)cc1F)NC(=O)[C@@H](NC(=O)O)C(C)(C)C(F)(F)F)C(C)(C)C(F)(F)F. The fourth-order valence-electron chi connectivity index (χ4n) is 9.31. The van der Waals surface area contributed by atoms with E-state index in [4.69, 9.17) is 9.47 Å². The Morgan fingerprint density at radius 2 is 1.34 bits per heavy atom. The number of fused-ring (bicyclic) bond motifs is 2. The van der Waals surface area contributed by atoms with E-state index in [1.165, 1.54) is 35.8 Å². The monoisotopic (exact) mass is 1120 g/mol. The number of alkyl halides is 6. The van der Waals surface area contributed by atoms with Crippen LogP contribution in [0.25, 0.3) is 11.3 Å². The summed E-state index contributed by atoms with van der Waals surface area (Å²) in [6.45, 7) is 4.17. The van der Waals surface area contributed by atoms with Crippen LogP contribution >= 0.6 is 0 Å². The molecule has 2 unspecified atom stereocenters. The van der Waals surface area contributed by atoms with E-state index in [-0.39, 0.29) is 23.3 Å². The summed E-state index contributed by atoms with van der Waals surface area (Å²) in [6, 6.07) is 10.0. The lowest BCUT2D eigenvalue weighted by Crippen LogP contribution is -2.70. The van der Waals surface area contributed by atoms with E-state index in [9.17, 15) is 55.7 Å². The zero-order valence-corrected chi connectivity index (χ0v) is 43.4. The molecule has 4 amide bonds. The van der Waals surface area contributed by atoms with E-state index in [1.54, 1.807) is 24.4 Å². The van der Waals surface area contributed by atoms with Crippen LogP contribution in [-0.2, 0) is 36.8 Å².